The van der Waals surface area contributed by atoms with E-state index in [-0.39, 0.29) is 11.9 Å². The highest BCUT2D eigenvalue weighted by atomic mass is 79.9. The topological polar surface area (TPSA) is 54.0 Å². The third kappa shape index (κ3) is 3.20. The van der Waals surface area contributed by atoms with Gasteiger partial charge in [0.05, 0.1) is 5.56 Å². The van der Waals surface area contributed by atoms with Gasteiger partial charge in [0, 0.05) is 23.8 Å². The third-order valence-electron chi connectivity index (χ3n) is 1.76. The molecule has 1 heterocycles. The van der Waals surface area contributed by atoms with Crippen LogP contribution in [0.4, 0.5) is 5.82 Å². The van der Waals surface area contributed by atoms with Crippen molar-refractivity contribution < 1.29 is 4.79 Å². The van der Waals surface area contributed by atoms with Crippen LogP contribution >= 0.6 is 15.9 Å². The smallest absolute Gasteiger partial charge is 0.255 e. The van der Waals surface area contributed by atoms with Gasteiger partial charge in [-0.15, -0.1) is 0 Å². The fourth-order valence-corrected chi connectivity index (χ4v) is 1.48. The molecular weight excluding hydrogens is 258 g/mol. The number of aromatic nitrogens is 1. The van der Waals surface area contributed by atoms with Crippen LogP contribution in [-0.2, 0) is 0 Å². The van der Waals surface area contributed by atoms with Gasteiger partial charge in [0.15, 0.2) is 0 Å². The number of hydrogen-bond acceptors (Lipinski definition) is 3. The zero-order valence-electron chi connectivity index (χ0n) is 8.97. The van der Waals surface area contributed by atoms with E-state index in [1.807, 2.05) is 13.8 Å². The fourth-order valence-electron chi connectivity index (χ4n) is 1.15. The van der Waals surface area contributed by atoms with E-state index in [2.05, 4.69) is 31.5 Å². The van der Waals surface area contributed by atoms with Crippen LogP contribution in [-0.4, -0.2) is 24.0 Å². The van der Waals surface area contributed by atoms with Crippen LogP contribution in [0, 0.1) is 0 Å². The van der Waals surface area contributed by atoms with Crippen LogP contribution in [0.15, 0.2) is 16.7 Å². The SMILES string of the molecule is CNc1ncc(Br)cc1C(=O)NC(C)C. The average molecular weight is 272 g/mol. The molecule has 0 spiro atoms. The van der Waals surface area contributed by atoms with E-state index in [0.29, 0.717) is 11.4 Å². The van der Waals surface area contributed by atoms with E-state index in [4.69, 9.17) is 0 Å². The number of nitrogens with zero attached hydrogens (tertiary/aromatic N) is 1. The summed E-state index contributed by atoms with van der Waals surface area (Å²) in [6.07, 6.45) is 1.65. The number of halogens is 1. The lowest BCUT2D eigenvalue weighted by atomic mass is 10.2. The average Bonchev–Trinajstić information content (AvgIpc) is 2.16. The molecule has 0 atom stereocenters. The summed E-state index contributed by atoms with van der Waals surface area (Å²) in [5.74, 6) is 0.458. The van der Waals surface area contributed by atoms with Crippen LogP contribution in [0.2, 0.25) is 0 Å². The molecule has 0 aromatic carbocycles. The minimum absolute atomic E-state index is 0.112. The van der Waals surface area contributed by atoms with Crippen molar-refractivity contribution in [1.29, 1.82) is 0 Å². The number of pyridine rings is 1. The van der Waals surface area contributed by atoms with E-state index in [9.17, 15) is 4.79 Å². The standard InChI is InChI=1S/C10H14BrN3O/c1-6(2)14-10(15)8-4-7(11)5-13-9(8)12-3/h4-6H,1-3H3,(H,12,13)(H,14,15). The van der Waals surface area contributed by atoms with Crippen molar-refractivity contribution in [1.82, 2.24) is 10.3 Å². The summed E-state index contributed by atoms with van der Waals surface area (Å²) in [4.78, 5) is 15.9. The van der Waals surface area contributed by atoms with Gasteiger partial charge in [-0.3, -0.25) is 4.79 Å². The molecule has 1 aromatic heterocycles. The predicted octanol–water partition coefficient (Wildman–Crippen LogP) is 2.02. The lowest BCUT2D eigenvalue weighted by Crippen LogP contribution is -2.30. The number of carbonyl (C=O) groups is 1. The maximum absolute atomic E-state index is 11.8. The molecule has 1 aromatic rings. The fraction of sp³-hybridized carbons (Fsp3) is 0.400. The first-order valence-corrected chi connectivity index (χ1v) is 5.48. The Kier molecular flexibility index (Phi) is 4.08. The van der Waals surface area contributed by atoms with Crippen LogP contribution in [0.1, 0.15) is 24.2 Å². The summed E-state index contributed by atoms with van der Waals surface area (Å²) in [6.45, 7) is 3.84. The molecule has 0 saturated heterocycles. The van der Waals surface area contributed by atoms with Gasteiger partial charge in [0.25, 0.3) is 5.91 Å². The molecule has 82 valence electrons. The molecule has 4 nitrogen and oxygen atoms in total. The van der Waals surface area contributed by atoms with Gasteiger partial charge in [-0.05, 0) is 35.8 Å². The minimum atomic E-state index is -0.122. The summed E-state index contributed by atoms with van der Waals surface area (Å²) in [5.41, 5.74) is 0.542. The molecule has 1 rings (SSSR count). The molecule has 0 aliphatic rings. The Morgan fingerprint density at radius 1 is 1.53 bits per heavy atom. The van der Waals surface area contributed by atoms with Crippen molar-refractivity contribution in [2.45, 2.75) is 19.9 Å². The summed E-state index contributed by atoms with van der Waals surface area (Å²) in [6, 6.07) is 1.86. The summed E-state index contributed by atoms with van der Waals surface area (Å²) < 4.78 is 0.787. The first kappa shape index (κ1) is 12.0. The Morgan fingerprint density at radius 2 is 2.20 bits per heavy atom. The van der Waals surface area contributed by atoms with E-state index in [1.165, 1.54) is 0 Å². The highest BCUT2D eigenvalue weighted by Gasteiger charge is 2.12. The maximum Gasteiger partial charge on any atom is 0.255 e. The molecule has 0 aliphatic carbocycles. The van der Waals surface area contributed by atoms with Crippen molar-refractivity contribution in [3.63, 3.8) is 0 Å². The first-order valence-electron chi connectivity index (χ1n) is 4.68. The third-order valence-corrected chi connectivity index (χ3v) is 2.19. The molecule has 0 saturated carbocycles. The number of rotatable bonds is 3. The quantitative estimate of drug-likeness (QED) is 0.885. The number of carbonyl (C=O) groups excluding carboxylic acids is 1. The lowest BCUT2D eigenvalue weighted by molar-refractivity contribution is 0.0943. The van der Waals surface area contributed by atoms with Crippen molar-refractivity contribution >= 4 is 27.7 Å². The largest absolute Gasteiger partial charge is 0.372 e. The Balaban J connectivity index is 3.00. The highest BCUT2D eigenvalue weighted by molar-refractivity contribution is 9.10. The van der Waals surface area contributed by atoms with Crippen LogP contribution in [0.25, 0.3) is 0 Å². The summed E-state index contributed by atoms with van der Waals surface area (Å²) in [7, 11) is 1.74. The molecule has 1 amide bonds. The van der Waals surface area contributed by atoms with Crippen LogP contribution < -0.4 is 10.6 Å². The van der Waals surface area contributed by atoms with E-state index < -0.39 is 0 Å². The monoisotopic (exact) mass is 271 g/mol. The zero-order chi connectivity index (χ0) is 11.4. The maximum atomic E-state index is 11.8. The molecule has 0 unspecified atom stereocenters. The lowest BCUT2D eigenvalue weighted by Gasteiger charge is -2.11. The van der Waals surface area contributed by atoms with Gasteiger partial charge in [0.1, 0.15) is 5.82 Å². The molecule has 2 N–H and O–H groups in total. The zero-order valence-corrected chi connectivity index (χ0v) is 10.6. The highest BCUT2D eigenvalue weighted by Crippen LogP contribution is 2.17. The molecule has 0 aliphatic heterocycles. The van der Waals surface area contributed by atoms with Crippen molar-refractivity contribution in [3.05, 3.63) is 22.3 Å². The second-order valence-electron chi connectivity index (χ2n) is 3.43. The van der Waals surface area contributed by atoms with Gasteiger partial charge in [-0.2, -0.15) is 0 Å². The molecular formula is C10H14BrN3O. The number of nitrogens with one attached hydrogen (secondary N) is 2. The summed E-state index contributed by atoms with van der Waals surface area (Å²) >= 11 is 3.29. The normalized spacial score (nSPS) is 10.2. The van der Waals surface area contributed by atoms with E-state index in [1.54, 1.807) is 19.3 Å². The van der Waals surface area contributed by atoms with Crippen molar-refractivity contribution in [3.8, 4) is 0 Å². The Labute approximate surface area is 97.6 Å². The van der Waals surface area contributed by atoms with Crippen LogP contribution in [0.5, 0.6) is 0 Å². The first-order chi connectivity index (χ1) is 7.04. The second-order valence-corrected chi connectivity index (χ2v) is 4.34. The van der Waals surface area contributed by atoms with Gasteiger partial charge >= 0.3 is 0 Å². The van der Waals surface area contributed by atoms with E-state index >= 15 is 0 Å². The van der Waals surface area contributed by atoms with Crippen molar-refractivity contribution in [2.24, 2.45) is 0 Å². The number of hydrogen-bond donors (Lipinski definition) is 2. The van der Waals surface area contributed by atoms with Crippen molar-refractivity contribution in [2.75, 3.05) is 12.4 Å². The predicted molar refractivity (Wildman–Crippen MR) is 64.1 cm³/mol. The van der Waals surface area contributed by atoms with Gasteiger partial charge in [0.2, 0.25) is 0 Å². The van der Waals surface area contributed by atoms with E-state index in [0.717, 1.165) is 4.47 Å². The molecule has 0 radical (unpaired) electrons. The molecule has 15 heavy (non-hydrogen) atoms. The Morgan fingerprint density at radius 3 is 2.73 bits per heavy atom. The Bertz CT molecular complexity index is 366. The number of anilines is 1. The second kappa shape index (κ2) is 5.11. The van der Waals surface area contributed by atoms with Gasteiger partial charge in [-0.25, -0.2) is 4.98 Å². The number of amides is 1. The van der Waals surface area contributed by atoms with Crippen LogP contribution in [0.3, 0.4) is 0 Å². The molecule has 0 bridgehead atoms. The summed E-state index contributed by atoms with van der Waals surface area (Å²) in [5, 5.41) is 5.71. The molecule has 5 heteroatoms. The Hall–Kier alpha value is -1.10. The minimum Gasteiger partial charge on any atom is -0.372 e. The van der Waals surface area contributed by atoms with Gasteiger partial charge in [-0.1, -0.05) is 0 Å². The molecule has 0 fully saturated rings. The van der Waals surface area contributed by atoms with Gasteiger partial charge < -0.3 is 10.6 Å².